The Labute approximate surface area is 89.9 Å². The maximum Gasteiger partial charge on any atom is 0.214 e. The maximum atomic E-state index is 12.7. The van der Waals surface area contributed by atoms with Gasteiger partial charge < -0.3 is 5.32 Å². The van der Waals surface area contributed by atoms with Gasteiger partial charge in [0.25, 0.3) is 0 Å². The average molecular weight is 208 g/mol. The molecule has 1 saturated carbocycles. The summed E-state index contributed by atoms with van der Waals surface area (Å²) in [7, 11) is 0. The highest BCUT2D eigenvalue weighted by molar-refractivity contribution is 5.33. The first kappa shape index (κ1) is 10.4. The van der Waals surface area contributed by atoms with Gasteiger partial charge in [-0.1, -0.05) is 31.7 Å². The van der Waals surface area contributed by atoms with E-state index in [1.54, 1.807) is 12.1 Å². The van der Waals surface area contributed by atoms with Gasteiger partial charge in [-0.2, -0.15) is 4.39 Å². The molecule has 2 nitrogen and oxygen atoms in total. The zero-order valence-electron chi connectivity index (χ0n) is 8.88. The summed E-state index contributed by atoms with van der Waals surface area (Å²) in [4.78, 5) is 3.76. The smallest absolute Gasteiger partial charge is 0.214 e. The second-order valence-electron chi connectivity index (χ2n) is 4.21. The monoisotopic (exact) mass is 208 g/mol. The lowest BCUT2D eigenvalue weighted by Crippen LogP contribution is -2.07. The van der Waals surface area contributed by atoms with Gasteiger partial charge in [0.15, 0.2) is 0 Å². The average Bonchev–Trinajstić information content (AvgIpc) is 2.71. The zero-order valence-corrected chi connectivity index (χ0v) is 8.88. The third-order valence-corrected chi connectivity index (χ3v) is 3.05. The predicted octanol–water partition coefficient (Wildman–Crippen LogP) is 3.21. The van der Waals surface area contributed by atoms with E-state index in [1.165, 1.54) is 38.2 Å². The summed E-state index contributed by atoms with van der Waals surface area (Å²) in [5, 5.41) is 3.16. The number of rotatable bonds is 4. The standard InChI is InChI=1S/C12H17FN2/c13-11-6-3-7-12(15-11)14-9-8-10-4-1-2-5-10/h3,6-7,10H,1-2,4-5,8-9H2,(H,14,15). The fourth-order valence-electron chi connectivity index (χ4n) is 2.21. The number of pyridine rings is 1. The molecule has 0 spiro atoms. The number of hydrogen-bond acceptors (Lipinski definition) is 2. The van der Waals surface area contributed by atoms with Crippen LogP contribution in [0, 0.1) is 11.9 Å². The quantitative estimate of drug-likeness (QED) is 0.768. The number of aromatic nitrogens is 1. The Bertz CT molecular complexity index is 308. The first-order chi connectivity index (χ1) is 7.34. The van der Waals surface area contributed by atoms with E-state index in [-0.39, 0.29) is 0 Å². The summed E-state index contributed by atoms with van der Waals surface area (Å²) in [6.07, 6.45) is 6.65. The molecule has 0 saturated heterocycles. The predicted molar refractivity (Wildman–Crippen MR) is 59.3 cm³/mol. The van der Waals surface area contributed by atoms with E-state index in [4.69, 9.17) is 0 Å². The molecular weight excluding hydrogens is 191 g/mol. The Morgan fingerprint density at radius 1 is 1.33 bits per heavy atom. The SMILES string of the molecule is Fc1cccc(NCCC2CCCC2)n1. The van der Waals surface area contributed by atoms with Crippen LogP contribution in [0.25, 0.3) is 0 Å². The molecule has 1 aliphatic carbocycles. The Morgan fingerprint density at radius 2 is 2.13 bits per heavy atom. The number of anilines is 1. The minimum Gasteiger partial charge on any atom is -0.370 e. The van der Waals surface area contributed by atoms with Gasteiger partial charge in [0.2, 0.25) is 5.95 Å². The normalized spacial score (nSPS) is 16.9. The van der Waals surface area contributed by atoms with E-state index >= 15 is 0 Å². The lowest BCUT2D eigenvalue weighted by atomic mass is 10.0. The number of nitrogens with zero attached hydrogens (tertiary/aromatic N) is 1. The molecular formula is C12H17FN2. The van der Waals surface area contributed by atoms with Crippen LogP contribution in [0.1, 0.15) is 32.1 Å². The van der Waals surface area contributed by atoms with Crippen LogP contribution in [0.2, 0.25) is 0 Å². The van der Waals surface area contributed by atoms with Gasteiger partial charge in [-0.15, -0.1) is 0 Å². The molecule has 0 unspecified atom stereocenters. The van der Waals surface area contributed by atoms with Crippen molar-refractivity contribution < 1.29 is 4.39 Å². The van der Waals surface area contributed by atoms with Crippen LogP contribution in [0.4, 0.5) is 10.2 Å². The van der Waals surface area contributed by atoms with Crippen LogP contribution in [0.15, 0.2) is 18.2 Å². The van der Waals surface area contributed by atoms with Crippen molar-refractivity contribution in [1.82, 2.24) is 4.98 Å². The lowest BCUT2D eigenvalue weighted by molar-refractivity contribution is 0.517. The largest absolute Gasteiger partial charge is 0.370 e. The second-order valence-corrected chi connectivity index (χ2v) is 4.21. The molecule has 0 bridgehead atoms. The van der Waals surface area contributed by atoms with Gasteiger partial charge in [0, 0.05) is 6.54 Å². The van der Waals surface area contributed by atoms with E-state index in [9.17, 15) is 4.39 Å². The second kappa shape index (κ2) is 5.10. The van der Waals surface area contributed by atoms with Crippen molar-refractivity contribution in [2.45, 2.75) is 32.1 Å². The molecule has 1 aromatic rings. The highest BCUT2D eigenvalue weighted by atomic mass is 19.1. The third-order valence-electron chi connectivity index (χ3n) is 3.05. The summed E-state index contributed by atoms with van der Waals surface area (Å²) in [6, 6.07) is 4.85. The van der Waals surface area contributed by atoms with Crippen molar-refractivity contribution >= 4 is 5.82 Å². The van der Waals surface area contributed by atoms with E-state index < -0.39 is 5.95 Å². The van der Waals surface area contributed by atoms with Gasteiger partial charge in [0.05, 0.1) is 0 Å². The molecule has 0 atom stereocenters. The molecule has 15 heavy (non-hydrogen) atoms. The number of nitrogens with one attached hydrogen (secondary N) is 1. The maximum absolute atomic E-state index is 12.7. The molecule has 1 aliphatic rings. The van der Waals surface area contributed by atoms with Crippen molar-refractivity contribution in [1.29, 1.82) is 0 Å². The molecule has 82 valence electrons. The van der Waals surface area contributed by atoms with Crippen LogP contribution in [-0.4, -0.2) is 11.5 Å². The first-order valence-electron chi connectivity index (χ1n) is 5.71. The van der Waals surface area contributed by atoms with Crippen LogP contribution in [0.3, 0.4) is 0 Å². The topological polar surface area (TPSA) is 24.9 Å². The number of halogens is 1. The zero-order chi connectivity index (χ0) is 10.5. The molecule has 1 fully saturated rings. The fourth-order valence-corrected chi connectivity index (χ4v) is 2.21. The molecule has 1 N–H and O–H groups in total. The van der Waals surface area contributed by atoms with Crippen molar-refractivity contribution in [3.05, 3.63) is 24.1 Å². The summed E-state index contributed by atoms with van der Waals surface area (Å²) in [5.41, 5.74) is 0. The molecule has 1 aromatic heterocycles. The van der Waals surface area contributed by atoms with Gasteiger partial charge in [0.1, 0.15) is 5.82 Å². The van der Waals surface area contributed by atoms with Gasteiger partial charge in [-0.3, -0.25) is 0 Å². The number of hydrogen-bond donors (Lipinski definition) is 1. The summed E-state index contributed by atoms with van der Waals surface area (Å²) >= 11 is 0. The highest BCUT2D eigenvalue weighted by Crippen LogP contribution is 2.27. The summed E-state index contributed by atoms with van der Waals surface area (Å²) in [5.74, 6) is 1.10. The Balaban J connectivity index is 1.73. The molecule has 0 aliphatic heterocycles. The van der Waals surface area contributed by atoms with Crippen molar-refractivity contribution in [3.8, 4) is 0 Å². The Kier molecular flexibility index (Phi) is 3.54. The van der Waals surface area contributed by atoms with E-state index in [2.05, 4.69) is 10.3 Å². The lowest BCUT2D eigenvalue weighted by Gasteiger charge is -2.09. The Hall–Kier alpha value is -1.12. The summed E-state index contributed by atoms with van der Waals surface area (Å²) in [6.45, 7) is 0.904. The van der Waals surface area contributed by atoms with E-state index in [1.807, 2.05) is 0 Å². The van der Waals surface area contributed by atoms with Gasteiger partial charge in [-0.25, -0.2) is 4.98 Å². The van der Waals surface area contributed by atoms with E-state index in [0.717, 1.165) is 12.5 Å². The Morgan fingerprint density at radius 3 is 2.87 bits per heavy atom. The van der Waals surface area contributed by atoms with Crippen LogP contribution >= 0.6 is 0 Å². The summed E-state index contributed by atoms with van der Waals surface area (Å²) < 4.78 is 12.7. The van der Waals surface area contributed by atoms with Crippen molar-refractivity contribution in [2.75, 3.05) is 11.9 Å². The molecule has 0 amide bonds. The highest BCUT2D eigenvalue weighted by Gasteiger charge is 2.13. The third kappa shape index (κ3) is 3.18. The molecule has 0 radical (unpaired) electrons. The van der Waals surface area contributed by atoms with Gasteiger partial charge in [-0.05, 0) is 24.5 Å². The fraction of sp³-hybridized carbons (Fsp3) is 0.583. The van der Waals surface area contributed by atoms with Crippen LogP contribution < -0.4 is 5.32 Å². The molecule has 0 aromatic carbocycles. The van der Waals surface area contributed by atoms with E-state index in [0.29, 0.717) is 5.82 Å². The molecule has 3 heteroatoms. The van der Waals surface area contributed by atoms with Crippen LogP contribution in [-0.2, 0) is 0 Å². The minimum atomic E-state index is -0.416. The van der Waals surface area contributed by atoms with Crippen molar-refractivity contribution in [3.63, 3.8) is 0 Å². The minimum absolute atomic E-state index is 0.416. The molecule has 1 heterocycles. The van der Waals surface area contributed by atoms with Gasteiger partial charge >= 0.3 is 0 Å². The molecule has 2 rings (SSSR count). The van der Waals surface area contributed by atoms with Crippen molar-refractivity contribution in [2.24, 2.45) is 5.92 Å². The first-order valence-corrected chi connectivity index (χ1v) is 5.71. The van der Waals surface area contributed by atoms with Crippen LogP contribution in [0.5, 0.6) is 0 Å².